The molecule has 3 atom stereocenters. The zero-order chi connectivity index (χ0) is 16.0. The molecule has 3 heteroatoms. The van der Waals surface area contributed by atoms with Gasteiger partial charge in [-0.25, -0.2) is 0 Å². The minimum atomic E-state index is 0.263. The molecule has 0 amide bonds. The van der Waals surface area contributed by atoms with E-state index in [-0.39, 0.29) is 12.0 Å². The Morgan fingerprint density at radius 1 is 1.13 bits per heavy atom. The van der Waals surface area contributed by atoms with Crippen LogP contribution in [0, 0.1) is 11.3 Å². The SMILES string of the molecule is C[C@H]1c2ccccc2[C@@H]2C[C@@H](N)CCN2c2ccc(C#N)cc21. The molecule has 2 heterocycles. The van der Waals surface area contributed by atoms with Crippen LogP contribution in [0.15, 0.2) is 42.5 Å². The lowest BCUT2D eigenvalue weighted by molar-refractivity contribution is 0.420. The highest BCUT2D eigenvalue weighted by molar-refractivity contribution is 5.64. The lowest BCUT2D eigenvalue weighted by atomic mass is 9.86. The highest BCUT2D eigenvalue weighted by Crippen LogP contribution is 2.46. The van der Waals surface area contributed by atoms with E-state index in [9.17, 15) is 5.26 Å². The minimum absolute atomic E-state index is 0.263. The number of anilines is 1. The first-order valence-electron chi connectivity index (χ1n) is 8.34. The van der Waals surface area contributed by atoms with Gasteiger partial charge in [-0.1, -0.05) is 31.2 Å². The van der Waals surface area contributed by atoms with Crippen LogP contribution in [-0.4, -0.2) is 12.6 Å². The molecule has 0 radical (unpaired) electrons. The fraction of sp³-hybridized carbons (Fsp3) is 0.350. The van der Waals surface area contributed by atoms with E-state index < -0.39 is 0 Å². The molecule has 4 rings (SSSR count). The molecule has 2 aliphatic rings. The molecule has 2 aromatic carbocycles. The number of fused-ring (bicyclic) bond motifs is 5. The zero-order valence-electron chi connectivity index (χ0n) is 13.4. The molecule has 2 aliphatic heterocycles. The minimum Gasteiger partial charge on any atom is -0.364 e. The van der Waals surface area contributed by atoms with E-state index in [0.29, 0.717) is 6.04 Å². The monoisotopic (exact) mass is 303 g/mol. The van der Waals surface area contributed by atoms with Gasteiger partial charge in [0.2, 0.25) is 0 Å². The molecular weight excluding hydrogens is 282 g/mol. The van der Waals surface area contributed by atoms with Gasteiger partial charge in [0.05, 0.1) is 17.7 Å². The molecule has 0 aliphatic carbocycles. The third-order valence-corrected chi connectivity index (χ3v) is 5.40. The van der Waals surface area contributed by atoms with Crippen LogP contribution in [0.4, 0.5) is 5.69 Å². The van der Waals surface area contributed by atoms with Crippen molar-refractivity contribution in [3.63, 3.8) is 0 Å². The largest absolute Gasteiger partial charge is 0.364 e. The van der Waals surface area contributed by atoms with Crippen molar-refractivity contribution in [3.8, 4) is 6.07 Å². The van der Waals surface area contributed by atoms with Crippen molar-refractivity contribution in [1.82, 2.24) is 0 Å². The Morgan fingerprint density at radius 3 is 2.70 bits per heavy atom. The molecular formula is C20H21N3. The maximum Gasteiger partial charge on any atom is 0.0991 e. The van der Waals surface area contributed by atoms with E-state index in [0.717, 1.165) is 24.9 Å². The Morgan fingerprint density at radius 2 is 1.91 bits per heavy atom. The fourth-order valence-electron chi connectivity index (χ4n) is 4.18. The van der Waals surface area contributed by atoms with E-state index in [1.807, 2.05) is 6.07 Å². The van der Waals surface area contributed by atoms with Gasteiger partial charge in [0, 0.05) is 24.2 Å². The predicted molar refractivity (Wildman–Crippen MR) is 92.4 cm³/mol. The molecule has 3 nitrogen and oxygen atoms in total. The number of hydrogen-bond acceptors (Lipinski definition) is 3. The molecule has 2 N–H and O–H groups in total. The second kappa shape index (κ2) is 5.40. The highest BCUT2D eigenvalue weighted by atomic mass is 15.2. The van der Waals surface area contributed by atoms with Crippen molar-refractivity contribution in [2.45, 2.75) is 37.8 Å². The fourth-order valence-corrected chi connectivity index (χ4v) is 4.18. The van der Waals surface area contributed by atoms with Gasteiger partial charge in [0.25, 0.3) is 0 Å². The Kier molecular flexibility index (Phi) is 3.36. The summed E-state index contributed by atoms with van der Waals surface area (Å²) in [6.07, 6.45) is 2.01. The summed E-state index contributed by atoms with van der Waals surface area (Å²) in [6.45, 7) is 3.23. The van der Waals surface area contributed by atoms with Crippen molar-refractivity contribution < 1.29 is 0 Å². The second-order valence-electron chi connectivity index (χ2n) is 6.73. The number of nitrogens with zero attached hydrogens (tertiary/aromatic N) is 2. The molecule has 23 heavy (non-hydrogen) atoms. The molecule has 1 fully saturated rings. The average Bonchev–Trinajstić information content (AvgIpc) is 2.69. The Bertz CT molecular complexity index is 790. The van der Waals surface area contributed by atoms with Crippen molar-refractivity contribution in [2.24, 2.45) is 5.73 Å². The third kappa shape index (κ3) is 2.22. The van der Waals surface area contributed by atoms with E-state index in [1.165, 1.54) is 22.4 Å². The first-order valence-corrected chi connectivity index (χ1v) is 8.34. The number of piperidine rings is 1. The third-order valence-electron chi connectivity index (χ3n) is 5.40. The maximum absolute atomic E-state index is 9.28. The highest BCUT2D eigenvalue weighted by Gasteiger charge is 2.35. The molecule has 1 saturated heterocycles. The Labute approximate surface area is 137 Å². The lowest BCUT2D eigenvalue weighted by Crippen LogP contribution is -2.42. The van der Waals surface area contributed by atoms with E-state index in [2.05, 4.69) is 54.3 Å². The van der Waals surface area contributed by atoms with Gasteiger partial charge < -0.3 is 10.6 Å². The van der Waals surface area contributed by atoms with E-state index in [4.69, 9.17) is 5.73 Å². The topological polar surface area (TPSA) is 53.0 Å². The van der Waals surface area contributed by atoms with E-state index >= 15 is 0 Å². The summed E-state index contributed by atoms with van der Waals surface area (Å²) in [5, 5.41) is 9.28. The zero-order valence-corrected chi connectivity index (χ0v) is 13.4. The van der Waals surface area contributed by atoms with Gasteiger partial charge in [0.1, 0.15) is 0 Å². The first-order chi connectivity index (χ1) is 11.2. The predicted octanol–water partition coefficient (Wildman–Crippen LogP) is 3.69. The quantitative estimate of drug-likeness (QED) is 0.807. The van der Waals surface area contributed by atoms with Crippen molar-refractivity contribution in [1.29, 1.82) is 5.26 Å². The summed E-state index contributed by atoms with van der Waals surface area (Å²) in [5.41, 5.74) is 12.3. The normalized spacial score (nSPS) is 25.6. The van der Waals surface area contributed by atoms with Gasteiger partial charge in [-0.3, -0.25) is 0 Å². The maximum atomic E-state index is 9.28. The van der Waals surface area contributed by atoms with Crippen LogP contribution in [0.3, 0.4) is 0 Å². The summed E-state index contributed by atoms with van der Waals surface area (Å²) in [6, 6.07) is 17.7. The first kappa shape index (κ1) is 14.3. The van der Waals surface area contributed by atoms with Crippen LogP contribution < -0.4 is 10.6 Å². The van der Waals surface area contributed by atoms with Gasteiger partial charge >= 0.3 is 0 Å². The molecule has 0 bridgehead atoms. The summed E-state index contributed by atoms with van der Waals surface area (Å²) in [5.74, 6) is 0.288. The van der Waals surface area contributed by atoms with Crippen LogP contribution in [0.25, 0.3) is 0 Å². The van der Waals surface area contributed by atoms with Crippen LogP contribution in [0.1, 0.15) is 54.0 Å². The van der Waals surface area contributed by atoms with Gasteiger partial charge in [-0.05, 0) is 47.7 Å². The van der Waals surface area contributed by atoms with Crippen LogP contribution >= 0.6 is 0 Å². The van der Waals surface area contributed by atoms with Crippen molar-refractivity contribution in [3.05, 3.63) is 64.7 Å². The van der Waals surface area contributed by atoms with Crippen LogP contribution in [-0.2, 0) is 0 Å². The standard InChI is InChI=1S/C20H21N3/c1-13-16-4-2-3-5-17(16)20-11-15(22)8-9-23(20)19-7-6-14(12-21)10-18(13)19/h2-7,10,13,15,20H,8-9,11,22H2,1H3/t13-,15-,20-/m0/s1. The smallest absolute Gasteiger partial charge is 0.0991 e. The molecule has 0 unspecified atom stereocenters. The van der Waals surface area contributed by atoms with Crippen molar-refractivity contribution in [2.75, 3.05) is 11.4 Å². The van der Waals surface area contributed by atoms with Crippen molar-refractivity contribution >= 4 is 5.69 Å². The summed E-state index contributed by atoms with van der Waals surface area (Å²) >= 11 is 0. The summed E-state index contributed by atoms with van der Waals surface area (Å²) in [4.78, 5) is 2.50. The number of rotatable bonds is 0. The summed E-state index contributed by atoms with van der Waals surface area (Å²) in [7, 11) is 0. The molecule has 0 saturated carbocycles. The second-order valence-corrected chi connectivity index (χ2v) is 6.73. The Balaban J connectivity index is 1.96. The number of benzene rings is 2. The van der Waals surface area contributed by atoms with Crippen LogP contribution in [0.2, 0.25) is 0 Å². The number of hydrogen-bond donors (Lipinski definition) is 1. The Hall–Kier alpha value is -2.31. The van der Waals surface area contributed by atoms with Gasteiger partial charge in [-0.2, -0.15) is 5.26 Å². The lowest BCUT2D eigenvalue weighted by Gasteiger charge is -2.40. The summed E-state index contributed by atoms with van der Waals surface area (Å²) < 4.78 is 0. The average molecular weight is 303 g/mol. The molecule has 0 aromatic heterocycles. The number of nitrogens with two attached hydrogens (primary N) is 1. The molecule has 116 valence electrons. The molecule has 2 aromatic rings. The van der Waals surface area contributed by atoms with E-state index in [1.54, 1.807) is 0 Å². The van der Waals surface area contributed by atoms with Crippen LogP contribution in [0.5, 0.6) is 0 Å². The van der Waals surface area contributed by atoms with Gasteiger partial charge in [-0.15, -0.1) is 0 Å². The number of nitriles is 1. The van der Waals surface area contributed by atoms with Gasteiger partial charge in [0.15, 0.2) is 0 Å². The molecule has 0 spiro atoms.